The molecule has 1 aliphatic heterocycles. The Morgan fingerprint density at radius 1 is 1.31 bits per heavy atom. The third kappa shape index (κ3) is 4.15. The van der Waals surface area contributed by atoms with Crippen LogP contribution in [0.25, 0.3) is 0 Å². The largest absolute Gasteiger partial charge is 0.497 e. The van der Waals surface area contributed by atoms with Gasteiger partial charge in [-0.15, -0.1) is 0 Å². The fourth-order valence-electron chi connectivity index (χ4n) is 3.31. The molecule has 154 valence electrons. The minimum Gasteiger partial charge on any atom is -0.497 e. The van der Waals surface area contributed by atoms with Crippen molar-refractivity contribution in [2.24, 2.45) is 5.92 Å². The predicted octanol–water partition coefficient (Wildman–Crippen LogP) is 4.06. The van der Waals surface area contributed by atoms with E-state index in [0.717, 1.165) is 11.0 Å². The maximum absolute atomic E-state index is 14.4. The molecular formula is C21H21ClFNO5. The summed E-state index contributed by atoms with van der Waals surface area (Å²) in [4.78, 5) is 26.6. The third-order valence-corrected chi connectivity index (χ3v) is 5.04. The number of aliphatic carboxylic acids is 1. The zero-order valence-electron chi connectivity index (χ0n) is 16.2. The highest BCUT2D eigenvalue weighted by Gasteiger charge is 2.42. The molecule has 0 aliphatic carbocycles. The first kappa shape index (κ1) is 20.9. The van der Waals surface area contributed by atoms with Crippen molar-refractivity contribution in [1.29, 1.82) is 0 Å². The number of rotatable bonds is 5. The van der Waals surface area contributed by atoms with Crippen LogP contribution in [0.5, 0.6) is 11.5 Å². The first-order chi connectivity index (χ1) is 13.7. The van der Waals surface area contributed by atoms with Crippen molar-refractivity contribution in [2.45, 2.75) is 32.5 Å². The average Bonchev–Trinajstić information content (AvgIpc) is 2.78. The molecular weight excluding hydrogens is 401 g/mol. The summed E-state index contributed by atoms with van der Waals surface area (Å²) in [5.74, 6) is -1.91. The Labute approximate surface area is 172 Å². The lowest BCUT2D eigenvalue weighted by atomic mass is 10.0. The van der Waals surface area contributed by atoms with Crippen molar-refractivity contribution in [2.75, 3.05) is 7.11 Å². The van der Waals surface area contributed by atoms with E-state index in [2.05, 4.69) is 0 Å². The summed E-state index contributed by atoms with van der Waals surface area (Å²) in [6, 6.07) is 7.42. The van der Waals surface area contributed by atoms with E-state index in [1.54, 1.807) is 32.0 Å². The number of methoxy groups -OCH3 is 1. The standard InChI is InChI=1S/C21H21ClFNO5/c1-11(2)19-20(25)24(10-12-4-5-13(22)8-16(12)23)18(21(26)27)15-7-6-14(28-3)9-17(15)29-19/h4-9,11,18-19H,10H2,1-3H3,(H,26,27). The summed E-state index contributed by atoms with van der Waals surface area (Å²) in [5, 5.41) is 10.2. The second-order valence-corrected chi connectivity index (χ2v) is 7.57. The molecule has 2 unspecified atom stereocenters. The molecule has 2 aromatic carbocycles. The van der Waals surface area contributed by atoms with Gasteiger partial charge in [0.05, 0.1) is 7.11 Å². The zero-order valence-corrected chi connectivity index (χ0v) is 16.9. The van der Waals surface area contributed by atoms with Gasteiger partial charge >= 0.3 is 5.97 Å². The van der Waals surface area contributed by atoms with E-state index in [4.69, 9.17) is 21.1 Å². The number of amides is 1. The molecule has 1 amide bonds. The highest BCUT2D eigenvalue weighted by molar-refractivity contribution is 6.30. The molecule has 0 saturated carbocycles. The smallest absolute Gasteiger partial charge is 0.331 e. The van der Waals surface area contributed by atoms with E-state index in [-0.39, 0.29) is 28.8 Å². The van der Waals surface area contributed by atoms with Gasteiger partial charge < -0.3 is 19.5 Å². The number of hydrogen-bond donors (Lipinski definition) is 1. The van der Waals surface area contributed by atoms with Crippen molar-refractivity contribution in [3.8, 4) is 11.5 Å². The highest BCUT2D eigenvalue weighted by atomic mass is 35.5. The number of ether oxygens (including phenoxy) is 2. The molecule has 0 spiro atoms. The van der Waals surface area contributed by atoms with Crippen molar-refractivity contribution in [3.63, 3.8) is 0 Å². The van der Waals surface area contributed by atoms with E-state index in [1.165, 1.54) is 19.2 Å². The topological polar surface area (TPSA) is 76.1 Å². The molecule has 0 aromatic heterocycles. The molecule has 2 aromatic rings. The number of carboxylic acids is 1. The van der Waals surface area contributed by atoms with Gasteiger partial charge in [-0.25, -0.2) is 9.18 Å². The normalized spacial score (nSPS) is 18.8. The minimum atomic E-state index is -1.35. The molecule has 0 bridgehead atoms. The molecule has 3 rings (SSSR count). The van der Waals surface area contributed by atoms with Crippen molar-refractivity contribution in [1.82, 2.24) is 4.90 Å². The van der Waals surface area contributed by atoms with Crippen LogP contribution >= 0.6 is 11.6 Å². The fraction of sp³-hybridized carbons (Fsp3) is 0.333. The van der Waals surface area contributed by atoms with Crippen molar-refractivity contribution >= 4 is 23.5 Å². The van der Waals surface area contributed by atoms with Crippen LogP contribution in [-0.4, -0.2) is 35.1 Å². The van der Waals surface area contributed by atoms with Gasteiger partial charge in [-0.1, -0.05) is 31.5 Å². The molecule has 6 nitrogen and oxygen atoms in total. The summed E-state index contributed by atoms with van der Waals surface area (Å²) in [7, 11) is 1.48. The lowest BCUT2D eigenvalue weighted by Crippen LogP contribution is -2.45. The first-order valence-electron chi connectivity index (χ1n) is 9.04. The average molecular weight is 422 g/mol. The second-order valence-electron chi connectivity index (χ2n) is 7.13. The molecule has 8 heteroatoms. The lowest BCUT2D eigenvalue weighted by Gasteiger charge is -2.30. The Morgan fingerprint density at radius 2 is 2.03 bits per heavy atom. The Kier molecular flexibility index (Phi) is 5.98. The molecule has 1 N–H and O–H groups in total. The monoisotopic (exact) mass is 421 g/mol. The summed E-state index contributed by atoms with van der Waals surface area (Å²) in [6.07, 6.45) is -0.930. The van der Waals surface area contributed by atoms with Gasteiger partial charge in [0.15, 0.2) is 12.1 Å². The molecule has 29 heavy (non-hydrogen) atoms. The number of nitrogens with zero attached hydrogens (tertiary/aromatic N) is 1. The van der Waals surface area contributed by atoms with E-state index in [9.17, 15) is 19.1 Å². The van der Waals surface area contributed by atoms with Crippen LogP contribution < -0.4 is 9.47 Å². The maximum atomic E-state index is 14.4. The Balaban J connectivity index is 2.14. The van der Waals surface area contributed by atoms with Crippen LogP contribution in [0.1, 0.15) is 31.0 Å². The summed E-state index contributed by atoms with van der Waals surface area (Å²) in [5.41, 5.74) is 0.456. The molecule has 0 fully saturated rings. The van der Waals surface area contributed by atoms with Crippen LogP contribution in [0.4, 0.5) is 4.39 Å². The number of fused-ring (bicyclic) bond motifs is 1. The third-order valence-electron chi connectivity index (χ3n) is 4.80. The van der Waals surface area contributed by atoms with Crippen LogP contribution in [-0.2, 0) is 16.1 Å². The van der Waals surface area contributed by atoms with Crippen LogP contribution in [0.2, 0.25) is 5.02 Å². The number of halogens is 2. The van der Waals surface area contributed by atoms with Crippen LogP contribution in [0, 0.1) is 11.7 Å². The fourth-order valence-corrected chi connectivity index (χ4v) is 3.46. The summed E-state index contributed by atoms with van der Waals surface area (Å²) in [6.45, 7) is 3.35. The van der Waals surface area contributed by atoms with Gasteiger partial charge in [0.25, 0.3) is 5.91 Å². The number of carbonyl (C=O) groups is 2. The van der Waals surface area contributed by atoms with Crippen LogP contribution in [0.3, 0.4) is 0 Å². The minimum absolute atomic E-state index is 0.161. The first-order valence-corrected chi connectivity index (χ1v) is 9.42. The molecule has 1 aliphatic rings. The quantitative estimate of drug-likeness (QED) is 0.787. The summed E-state index contributed by atoms with van der Waals surface area (Å²) >= 11 is 5.81. The molecule has 0 radical (unpaired) electrons. The SMILES string of the molecule is COc1ccc2c(c1)OC(C(C)C)C(=O)N(Cc1ccc(Cl)cc1F)C2C(=O)O. The van der Waals surface area contributed by atoms with Crippen LogP contribution in [0.15, 0.2) is 36.4 Å². The maximum Gasteiger partial charge on any atom is 0.331 e. The van der Waals surface area contributed by atoms with Gasteiger partial charge in [0.1, 0.15) is 17.3 Å². The molecule has 1 heterocycles. The van der Waals surface area contributed by atoms with E-state index in [0.29, 0.717) is 11.3 Å². The van der Waals surface area contributed by atoms with Crippen molar-refractivity contribution in [3.05, 3.63) is 58.4 Å². The van der Waals surface area contributed by atoms with E-state index < -0.39 is 29.8 Å². The number of hydrogen-bond acceptors (Lipinski definition) is 4. The zero-order chi connectivity index (χ0) is 21.3. The van der Waals surface area contributed by atoms with Gasteiger partial charge in [0.2, 0.25) is 0 Å². The Morgan fingerprint density at radius 3 is 2.62 bits per heavy atom. The van der Waals surface area contributed by atoms with Gasteiger partial charge in [0, 0.05) is 28.8 Å². The highest BCUT2D eigenvalue weighted by Crippen LogP contribution is 2.39. The van der Waals surface area contributed by atoms with Gasteiger partial charge in [-0.3, -0.25) is 4.79 Å². The number of carboxylic acid groups (broad SMARTS) is 1. The van der Waals surface area contributed by atoms with E-state index in [1.807, 2.05) is 0 Å². The Bertz CT molecular complexity index is 949. The van der Waals surface area contributed by atoms with Gasteiger partial charge in [-0.05, 0) is 30.2 Å². The van der Waals surface area contributed by atoms with Gasteiger partial charge in [-0.2, -0.15) is 0 Å². The van der Waals surface area contributed by atoms with Crippen molar-refractivity contribution < 1.29 is 28.6 Å². The predicted molar refractivity (Wildman–Crippen MR) is 105 cm³/mol. The number of benzene rings is 2. The van der Waals surface area contributed by atoms with E-state index >= 15 is 0 Å². The second kappa shape index (κ2) is 8.29. The molecule has 2 atom stereocenters. The lowest BCUT2D eigenvalue weighted by molar-refractivity contribution is -0.154. The Hall–Kier alpha value is -2.80. The molecule has 0 saturated heterocycles. The summed E-state index contributed by atoms with van der Waals surface area (Å²) < 4.78 is 25.5. The number of carbonyl (C=O) groups excluding carboxylic acids is 1.